The second kappa shape index (κ2) is 10.8. The molecule has 0 radical (unpaired) electrons. The van der Waals surface area contributed by atoms with Crippen LogP contribution in [0.4, 0.5) is 0 Å². The summed E-state index contributed by atoms with van der Waals surface area (Å²) in [5, 5.41) is 0. The summed E-state index contributed by atoms with van der Waals surface area (Å²) in [7, 11) is 0. The summed E-state index contributed by atoms with van der Waals surface area (Å²) in [6.45, 7) is 8.88. The maximum Gasteiger partial charge on any atom is 0.0695 e. The van der Waals surface area contributed by atoms with Gasteiger partial charge in [-0.3, -0.25) is 0 Å². The van der Waals surface area contributed by atoms with Gasteiger partial charge in [-0.15, -0.1) is 35.3 Å². The van der Waals surface area contributed by atoms with Gasteiger partial charge in [0.2, 0.25) is 0 Å². The van der Waals surface area contributed by atoms with E-state index >= 15 is 0 Å². The van der Waals surface area contributed by atoms with Crippen LogP contribution < -0.4 is 0 Å². The maximum absolute atomic E-state index is 4.64. The van der Waals surface area contributed by atoms with Crippen LogP contribution in [-0.4, -0.2) is 23.6 Å². The van der Waals surface area contributed by atoms with Crippen LogP contribution in [0.2, 0.25) is 0 Å². The van der Waals surface area contributed by atoms with Crippen LogP contribution >= 0.6 is 73.2 Å². The molecule has 18 heavy (non-hydrogen) atoms. The van der Waals surface area contributed by atoms with Crippen LogP contribution in [0.3, 0.4) is 0 Å². The number of hydrogen-bond donors (Lipinski definition) is 3. The summed E-state index contributed by atoms with van der Waals surface area (Å²) >= 11 is 19.7. The Balaban J connectivity index is 4.47. The first-order valence-corrected chi connectivity index (χ1v) is 10.7. The molecule has 0 nitrogen and oxygen atoms in total. The molecule has 0 amide bonds. The molecule has 3 atom stereocenters. The monoisotopic (exact) mass is 362 g/mol. The van der Waals surface area contributed by atoms with Gasteiger partial charge in [-0.1, -0.05) is 20.8 Å². The summed E-state index contributed by atoms with van der Waals surface area (Å²) in [5.41, 5.74) is 0. The van der Waals surface area contributed by atoms with Gasteiger partial charge in [-0.2, -0.15) is 37.9 Å². The number of rotatable bonds is 10. The molecule has 0 spiro atoms. The molecular weight excluding hydrogens is 337 g/mol. The third kappa shape index (κ3) is 9.11. The zero-order valence-corrected chi connectivity index (χ0v) is 16.8. The Kier molecular flexibility index (Phi) is 12.0. The highest BCUT2D eigenvalue weighted by atomic mass is 32.2. The first-order chi connectivity index (χ1) is 8.36. The Morgan fingerprint density at radius 2 is 1.22 bits per heavy atom. The molecule has 0 fully saturated rings. The van der Waals surface area contributed by atoms with Crippen molar-refractivity contribution >= 4 is 73.2 Å². The van der Waals surface area contributed by atoms with Crippen molar-refractivity contribution in [3.05, 3.63) is 0 Å². The van der Waals surface area contributed by atoms with Gasteiger partial charge in [-0.25, -0.2) is 0 Å². The van der Waals surface area contributed by atoms with E-state index in [0.29, 0.717) is 13.7 Å². The third-order valence-electron chi connectivity index (χ3n) is 2.36. The van der Waals surface area contributed by atoms with Crippen LogP contribution in [0.1, 0.15) is 47.0 Å². The van der Waals surface area contributed by atoms with Gasteiger partial charge >= 0.3 is 0 Å². The lowest BCUT2D eigenvalue weighted by Gasteiger charge is -2.33. The second-order valence-corrected chi connectivity index (χ2v) is 12.0. The molecule has 0 aromatic heterocycles. The van der Waals surface area contributed by atoms with Crippen molar-refractivity contribution in [1.82, 2.24) is 0 Å². The largest absolute Gasteiger partial charge is 0.165 e. The molecule has 110 valence electrons. The summed E-state index contributed by atoms with van der Waals surface area (Å²) in [4.78, 5) is 0. The minimum absolute atomic E-state index is 0.172. The summed E-state index contributed by atoms with van der Waals surface area (Å²) in [6, 6.07) is 0. The van der Waals surface area contributed by atoms with Crippen LogP contribution in [0.5, 0.6) is 0 Å². The van der Waals surface area contributed by atoms with E-state index in [0.717, 1.165) is 25.0 Å². The van der Waals surface area contributed by atoms with Gasteiger partial charge in [0.15, 0.2) is 0 Å². The van der Waals surface area contributed by atoms with E-state index in [1.165, 1.54) is 0 Å². The zero-order valence-electron chi connectivity index (χ0n) is 11.6. The predicted molar refractivity (Wildman–Crippen MR) is 105 cm³/mol. The van der Waals surface area contributed by atoms with Crippen molar-refractivity contribution in [1.29, 1.82) is 0 Å². The molecule has 6 heteroatoms. The van der Waals surface area contributed by atoms with Crippen molar-refractivity contribution in [3.63, 3.8) is 0 Å². The number of hydrogen-bond acceptors (Lipinski definition) is 6. The Bertz CT molecular complexity index is 199. The fourth-order valence-corrected chi connectivity index (χ4v) is 7.34. The first-order valence-electron chi connectivity index (χ1n) is 6.38. The Morgan fingerprint density at radius 1 is 0.833 bits per heavy atom. The normalized spacial score (nSPS) is 20.2. The summed E-state index contributed by atoms with van der Waals surface area (Å²) in [6.07, 6.45) is 3.29. The molecule has 0 heterocycles. The van der Waals surface area contributed by atoms with E-state index in [9.17, 15) is 0 Å². The van der Waals surface area contributed by atoms with E-state index < -0.39 is 0 Å². The van der Waals surface area contributed by atoms with Crippen LogP contribution in [0, 0.1) is 0 Å². The Labute approximate surface area is 143 Å². The van der Waals surface area contributed by atoms with Crippen molar-refractivity contribution in [2.45, 2.75) is 64.8 Å². The van der Waals surface area contributed by atoms with Gasteiger partial charge in [-0.05, 0) is 26.2 Å². The molecule has 3 unspecified atom stereocenters. The molecule has 0 aliphatic rings. The topological polar surface area (TPSA) is 0 Å². The van der Waals surface area contributed by atoms with Gasteiger partial charge in [0.25, 0.3) is 0 Å². The SMILES string of the molecule is CCC(S)SCC(C)(SC(S)CC)SC(S)CC. The Morgan fingerprint density at radius 3 is 1.56 bits per heavy atom. The average molecular weight is 363 g/mol. The van der Waals surface area contributed by atoms with E-state index in [2.05, 4.69) is 65.6 Å². The average Bonchev–Trinajstić information content (AvgIpc) is 2.35. The molecule has 0 aliphatic heterocycles. The van der Waals surface area contributed by atoms with Gasteiger partial charge < -0.3 is 0 Å². The molecule has 0 rings (SSSR count). The molecule has 0 N–H and O–H groups in total. The minimum atomic E-state index is 0.172. The van der Waals surface area contributed by atoms with Crippen molar-refractivity contribution in [3.8, 4) is 0 Å². The lowest BCUT2D eigenvalue weighted by molar-refractivity contribution is 0.978. The second-order valence-electron chi connectivity index (χ2n) is 4.27. The number of thioether (sulfide) groups is 3. The highest BCUT2D eigenvalue weighted by Crippen LogP contribution is 2.47. The smallest absolute Gasteiger partial charge is 0.0695 e. The van der Waals surface area contributed by atoms with Crippen molar-refractivity contribution in [2.75, 3.05) is 5.75 Å². The maximum atomic E-state index is 4.64. The summed E-state index contributed by atoms with van der Waals surface area (Å²) in [5.74, 6) is 1.10. The van der Waals surface area contributed by atoms with E-state index in [-0.39, 0.29) is 4.08 Å². The lowest BCUT2D eigenvalue weighted by atomic mass is 10.5. The summed E-state index contributed by atoms with van der Waals surface area (Å²) < 4.78 is 1.41. The highest BCUT2D eigenvalue weighted by Gasteiger charge is 2.30. The van der Waals surface area contributed by atoms with Gasteiger partial charge in [0.05, 0.1) is 4.08 Å². The highest BCUT2D eigenvalue weighted by molar-refractivity contribution is 8.26. The third-order valence-corrected chi connectivity index (χ3v) is 9.43. The van der Waals surface area contributed by atoms with E-state index in [1.54, 1.807) is 0 Å². The molecular formula is C12H26S6. The van der Waals surface area contributed by atoms with Crippen LogP contribution in [-0.2, 0) is 0 Å². The predicted octanol–water partition coefficient (Wildman–Crippen LogP) is 5.90. The van der Waals surface area contributed by atoms with Crippen LogP contribution in [0.25, 0.3) is 0 Å². The van der Waals surface area contributed by atoms with Crippen LogP contribution in [0.15, 0.2) is 0 Å². The van der Waals surface area contributed by atoms with E-state index in [4.69, 9.17) is 0 Å². The molecule has 0 bridgehead atoms. The molecule has 0 aromatic rings. The minimum Gasteiger partial charge on any atom is -0.165 e. The van der Waals surface area contributed by atoms with E-state index in [1.807, 2.05) is 35.3 Å². The zero-order chi connectivity index (χ0) is 14.2. The molecule has 0 aliphatic carbocycles. The fraction of sp³-hybridized carbons (Fsp3) is 1.00. The molecule has 0 saturated heterocycles. The van der Waals surface area contributed by atoms with Gasteiger partial charge in [0, 0.05) is 19.5 Å². The number of thiol groups is 3. The first kappa shape index (κ1) is 20.1. The lowest BCUT2D eigenvalue weighted by Crippen LogP contribution is -2.24. The van der Waals surface area contributed by atoms with Crippen molar-refractivity contribution < 1.29 is 0 Å². The van der Waals surface area contributed by atoms with Gasteiger partial charge in [0.1, 0.15) is 0 Å². The molecule has 0 aromatic carbocycles. The standard InChI is InChI=1S/C12H26S6/c1-5-9(13)16-8-12(4,17-10(14)6-2)18-11(15)7-3/h9-11,13-15H,5-8H2,1-4H3. The Hall–Kier alpha value is 2.10. The fourth-order valence-electron chi connectivity index (χ4n) is 1.20. The quantitative estimate of drug-likeness (QED) is 0.327. The molecule has 0 saturated carbocycles. The van der Waals surface area contributed by atoms with Crippen molar-refractivity contribution in [2.24, 2.45) is 0 Å².